The summed E-state index contributed by atoms with van der Waals surface area (Å²) in [4.78, 5) is 16.3. The average molecular weight is 526 g/mol. The Hall–Kier alpha value is -1.51. The van der Waals surface area contributed by atoms with Crippen LogP contribution in [0.25, 0.3) is 0 Å². The van der Waals surface area contributed by atoms with Crippen LogP contribution in [0.5, 0.6) is 11.5 Å². The molecule has 1 aliphatic rings. The van der Waals surface area contributed by atoms with Gasteiger partial charge in [0.15, 0.2) is 14.4 Å². The molecule has 0 amide bonds. The zero-order chi connectivity index (χ0) is 25.9. The van der Waals surface area contributed by atoms with E-state index in [2.05, 4.69) is 45.8 Å². The highest BCUT2D eigenvalue weighted by atomic mass is 32.2. The van der Waals surface area contributed by atoms with E-state index >= 15 is 0 Å². The largest absolute Gasteiger partial charge is 0.494 e. The Morgan fingerprint density at radius 3 is 2.40 bits per heavy atom. The molecule has 0 N–H and O–H groups in total. The van der Waals surface area contributed by atoms with Crippen molar-refractivity contribution in [2.75, 3.05) is 31.8 Å². The van der Waals surface area contributed by atoms with Crippen molar-refractivity contribution < 1.29 is 23.4 Å². The van der Waals surface area contributed by atoms with E-state index in [9.17, 15) is 4.79 Å². The first-order valence-corrected chi connectivity index (χ1v) is 17.6. The quantitative estimate of drug-likeness (QED) is 0.124. The minimum absolute atomic E-state index is 0.108. The second-order valence-electron chi connectivity index (χ2n) is 10.8. The lowest BCUT2D eigenvalue weighted by molar-refractivity contribution is -0.141. The van der Waals surface area contributed by atoms with Gasteiger partial charge in [-0.3, -0.25) is 4.99 Å². The molecule has 0 saturated heterocycles. The first-order valence-electron chi connectivity index (χ1n) is 12.9. The molecule has 3 atom stereocenters. The number of methoxy groups -OCH3 is 1. The number of esters is 1. The molecule has 1 heterocycles. The first kappa shape index (κ1) is 29.7. The van der Waals surface area contributed by atoms with Gasteiger partial charge in [-0.1, -0.05) is 53.4 Å². The lowest BCUT2D eigenvalue weighted by Crippen LogP contribution is -2.44. The number of hydrogen-bond acceptors (Lipinski definition) is 6. The van der Waals surface area contributed by atoms with Crippen LogP contribution in [-0.2, 0) is 14.0 Å². The van der Waals surface area contributed by atoms with Gasteiger partial charge in [0.1, 0.15) is 17.6 Å². The van der Waals surface area contributed by atoms with Gasteiger partial charge in [-0.2, -0.15) is 0 Å². The van der Waals surface area contributed by atoms with Crippen molar-refractivity contribution in [3.05, 3.63) is 24.3 Å². The molecule has 6 nitrogen and oxygen atoms in total. The summed E-state index contributed by atoms with van der Waals surface area (Å²) in [5.74, 6) is 2.93. The van der Waals surface area contributed by atoms with Crippen LogP contribution >= 0.6 is 10.9 Å². The molecular formula is C27H47NO5SSi. The molecule has 0 saturated carbocycles. The van der Waals surface area contributed by atoms with E-state index in [4.69, 9.17) is 18.6 Å². The monoisotopic (exact) mass is 525 g/mol. The number of rotatable bonds is 15. The summed E-state index contributed by atoms with van der Waals surface area (Å²) in [6.45, 7) is 14.7. The number of carbonyl (C=O) groups is 1. The highest BCUT2D eigenvalue weighted by Crippen LogP contribution is 2.37. The molecule has 8 heteroatoms. The number of thiol groups is 1. The molecule has 0 aromatic heterocycles. The van der Waals surface area contributed by atoms with Gasteiger partial charge in [0.05, 0.1) is 20.3 Å². The second-order valence-corrected chi connectivity index (χ2v) is 17.8. The van der Waals surface area contributed by atoms with E-state index in [0.29, 0.717) is 12.4 Å². The SMILES string of the molecule is CCCCCCCOc1ccc(OC(CO[Si](C)(C)C(C)(C)C)C[SH]2C=NC(C(=O)OC)C2)cc1. The fourth-order valence-electron chi connectivity index (χ4n) is 3.49. The minimum atomic E-state index is -1.91. The number of hydrogen-bond donors (Lipinski definition) is 1. The van der Waals surface area contributed by atoms with Crippen LogP contribution in [0, 0.1) is 0 Å². The molecule has 1 aliphatic heterocycles. The van der Waals surface area contributed by atoms with E-state index in [1.54, 1.807) is 0 Å². The van der Waals surface area contributed by atoms with E-state index in [1.165, 1.54) is 32.8 Å². The van der Waals surface area contributed by atoms with E-state index in [1.807, 2.05) is 29.8 Å². The van der Waals surface area contributed by atoms with Crippen molar-refractivity contribution in [3.8, 4) is 11.5 Å². The Balaban J connectivity index is 1.96. The number of nitrogens with zero attached hydrogens (tertiary/aromatic N) is 1. The van der Waals surface area contributed by atoms with Crippen molar-refractivity contribution in [2.45, 2.75) is 90.1 Å². The fourth-order valence-corrected chi connectivity index (χ4v) is 6.60. The van der Waals surface area contributed by atoms with Crippen LogP contribution < -0.4 is 9.47 Å². The van der Waals surface area contributed by atoms with Gasteiger partial charge >= 0.3 is 5.97 Å². The van der Waals surface area contributed by atoms with Gasteiger partial charge in [-0.05, 0) is 48.8 Å². The molecule has 1 aromatic rings. The van der Waals surface area contributed by atoms with E-state index in [0.717, 1.165) is 30.3 Å². The number of carbonyl (C=O) groups excluding carboxylic acids is 1. The van der Waals surface area contributed by atoms with Crippen molar-refractivity contribution in [3.63, 3.8) is 0 Å². The van der Waals surface area contributed by atoms with Gasteiger partial charge in [-0.25, -0.2) is 15.7 Å². The third kappa shape index (κ3) is 10.2. The standard InChI is InChI=1S/C27H47NO5SSi/c1-8-9-10-11-12-17-31-22-13-15-23(16-14-22)33-24(18-32-35(6,7)27(2,3)4)19-34-20-25(28-21-34)26(29)30-5/h13-16,21,24-25,34H,8-12,17-20H2,1-7H3. The van der Waals surface area contributed by atoms with Crippen LogP contribution in [-0.4, -0.2) is 63.8 Å². The molecular weight excluding hydrogens is 478 g/mol. The van der Waals surface area contributed by atoms with Gasteiger partial charge in [0.2, 0.25) is 0 Å². The predicted octanol–water partition coefficient (Wildman–Crippen LogP) is 6.39. The second kappa shape index (κ2) is 14.3. The third-order valence-corrected chi connectivity index (χ3v) is 13.5. The molecule has 0 radical (unpaired) electrons. The Kier molecular flexibility index (Phi) is 12.1. The number of benzene rings is 1. The van der Waals surface area contributed by atoms with Crippen molar-refractivity contribution in [1.29, 1.82) is 0 Å². The molecule has 0 fully saturated rings. The predicted molar refractivity (Wildman–Crippen MR) is 151 cm³/mol. The zero-order valence-corrected chi connectivity index (χ0v) is 24.7. The van der Waals surface area contributed by atoms with Crippen molar-refractivity contribution >= 4 is 30.7 Å². The molecule has 2 rings (SSSR count). The summed E-state index contributed by atoms with van der Waals surface area (Å²) >= 11 is 0. The molecule has 0 aliphatic carbocycles. The van der Waals surface area contributed by atoms with Crippen molar-refractivity contribution in [1.82, 2.24) is 0 Å². The van der Waals surface area contributed by atoms with E-state index < -0.39 is 19.2 Å². The Bertz CT molecular complexity index is 794. The summed E-state index contributed by atoms with van der Waals surface area (Å²) in [5.41, 5.74) is 1.94. The normalized spacial score (nSPS) is 20.0. The summed E-state index contributed by atoms with van der Waals surface area (Å²) in [6, 6.07) is 7.51. The Morgan fingerprint density at radius 1 is 1.11 bits per heavy atom. The smallest absolute Gasteiger partial charge is 0.331 e. The third-order valence-electron chi connectivity index (χ3n) is 6.81. The molecule has 0 spiro atoms. The van der Waals surface area contributed by atoms with Crippen LogP contribution in [0.3, 0.4) is 0 Å². The van der Waals surface area contributed by atoms with Crippen LogP contribution in [0.2, 0.25) is 18.1 Å². The number of aliphatic imine (C=N–C) groups is 1. The zero-order valence-electron chi connectivity index (χ0n) is 22.8. The molecule has 1 aromatic carbocycles. The van der Waals surface area contributed by atoms with E-state index in [-0.39, 0.29) is 23.2 Å². The Labute approximate surface area is 216 Å². The molecule has 0 bridgehead atoms. The lowest BCUT2D eigenvalue weighted by atomic mass is 10.2. The Morgan fingerprint density at radius 2 is 1.77 bits per heavy atom. The number of ether oxygens (including phenoxy) is 3. The molecule has 3 unspecified atom stereocenters. The number of unbranched alkanes of at least 4 members (excludes halogenated alkanes) is 4. The molecule has 35 heavy (non-hydrogen) atoms. The minimum Gasteiger partial charge on any atom is -0.494 e. The summed E-state index contributed by atoms with van der Waals surface area (Å²) in [5, 5.41) is 0.128. The first-order chi connectivity index (χ1) is 16.6. The highest BCUT2D eigenvalue weighted by molar-refractivity contribution is 8.28. The van der Waals surface area contributed by atoms with Gasteiger partial charge in [-0.15, -0.1) is 0 Å². The lowest BCUT2D eigenvalue weighted by Gasteiger charge is -2.37. The van der Waals surface area contributed by atoms with Gasteiger partial charge < -0.3 is 18.6 Å². The maximum absolute atomic E-state index is 11.9. The summed E-state index contributed by atoms with van der Waals surface area (Å²) in [7, 11) is -1.06. The molecule has 200 valence electrons. The van der Waals surface area contributed by atoms with Gasteiger partial charge in [0.25, 0.3) is 0 Å². The highest BCUT2D eigenvalue weighted by Gasteiger charge is 2.38. The topological polar surface area (TPSA) is 66.3 Å². The summed E-state index contributed by atoms with van der Waals surface area (Å²) in [6.07, 6.45) is 6.02. The maximum atomic E-state index is 11.9. The maximum Gasteiger partial charge on any atom is 0.331 e. The average Bonchev–Trinajstić information content (AvgIpc) is 3.28. The van der Waals surface area contributed by atoms with Crippen LogP contribution in [0.15, 0.2) is 29.3 Å². The van der Waals surface area contributed by atoms with Gasteiger partial charge in [0, 0.05) is 17.1 Å². The fraction of sp³-hybridized carbons (Fsp3) is 0.704. The van der Waals surface area contributed by atoms with Crippen molar-refractivity contribution in [2.24, 2.45) is 4.99 Å². The summed E-state index contributed by atoms with van der Waals surface area (Å²) < 4.78 is 23.7. The van der Waals surface area contributed by atoms with Crippen LogP contribution in [0.1, 0.15) is 59.8 Å². The van der Waals surface area contributed by atoms with Crippen LogP contribution in [0.4, 0.5) is 0 Å².